The molecule has 0 unspecified atom stereocenters. The van der Waals surface area contributed by atoms with Gasteiger partial charge in [0.05, 0.1) is 19.8 Å². The summed E-state index contributed by atoms with van der Waals surface area (Å²) in [5.74, 6) is 1.55. The molecule has 0 bridgehead atoms. The summed E-state index contributed by atoms with van der Waals surface area (Å²) in [7, 11) is 3.04. The monoisotopic (exact) mass is 388 g/mol. The number of carbonyl (C=O) groups excluding carboxylic acids is 1. The molecule has 29 heavy (non-hydrogen) atoms. The van der Waals surface area contributed by atoms with Gasteiger partial charge in [0.1, 0.15) is 11.5 Å². The van der Waals surface area contributed by atoms with Crippen molar-refractivity contribution in [2.45, 2.75) is 6.92 Å². The van der Waals surface area contributed by atoms with E-state index in [9.17, 15) is 4.79 Å². The largest absolute Gasteiger partial charge is 0.493 e. The number of methoxy groups -OCH3 is 2. The Morgan fingerprint density at radius 2 is 1.83 bits per heavy atom. The predicted molar refractivity (Wildman–Crippen MR) is 111 cm³/mol. The van der Waals surface area contributed by atoms with E-state index in [1.807, 2.05) is 37.4 Å². The minimum Gasteiger partial charge on any atom is -0.493 e. The standard InChI is InChI=1S/C22H20N4O3/c1-14-8-10-15(11-9-14)18-20(26-13-5-12-23-22(26)24-18)25-21(27)16-6-4-7-17(28-2)19(16)29-3/h4-13H,1-3H3,(H,25,27). The molecule has 4 rings (SSSR count). The van der Waals surface area contributed by atoms with E-state index in [1.54, 1.807) is 34.9 Å². The van der Waals surface area contributed by atoms with E-state index < -0.39 is 0 Å². The highest BCUT2D eigenvalue weighted by Crippen LogP contribution is 2.33. The van der Waals surface area contributed by atoms with Crippen LogP contribution in [0.25, 0.3) is 17.0 Å². The molecule has 7 nitrogen and oxygen atoms in total. The van der Waals surface area contributed by atoms with Crippen molar-refractivity contribution in [1.29, 1.82) is 0 Å². The van der Waals surface area contributed by atoms with Gasteiger partial charge in [-0.2, -0.15) is 0 Å². The van der Waals surface area contributed by atoms with Gasteiger partial charge in [0, 0.05) is 18.0 Å². The molecule has 2 aromatic heterocycles. The third kappa shape index (κ3) is 3.38. The lowest BCUT2D eigenvalue weighted by molar-refractivity contribution is 0.102. The summed E-state index contributed by atoms with van der Waals surface area (Å²) >= 11 is 0. The van der Waals surface area contributed by atoms with Crippen LogP contribution >= 0.6 is 0 Å². The number of hydrogen-bond donors (Lipinski definition) is 1. The Kier molecular flexibility index (Phi) is 4.87. The van der Waals surface area contributed by atoms with E-state index in [0.717, 1.165) is 11.1 Å². The zero-order valence-corrected chi connectivity index (χ0v) is 16.3. The molecular weight excluding hydrogens is 368 g/mol. The molecule has 0 atom stereocenters. The number of hydrogen-bond acceptors (Lipinski definition) is 5. The lowest BCUT2D eigenvalue weighted by Gasteiger charge is -2.13. The van der Waals surface area contributed by atoms with Gasteiger partial charge in [0.2, 0.25) is 5.78 Å². The number of ether oxygens (including phenoxy) is 2. The topological polar surface area (TPSA) is 77.8 Å². The second-order valence-electron chi connectivity index (χ2n) is 6.46. The summed E-state index contributed by atoms with van der Waals surface area (Å²) in [5, 5.41) is 2.97. The molecule has 0 aliphatic heterocycles. The maximum atomic E-state index is 13.1. The molecule has 0 spiro atoms. The van der Waals surface area contributed by atoms with Crippen molar-refractivity contribution in [3.63, 3.8) is 0 Å². The fourth-order valence-electron chi connectivity index (χ4n) is 3.16. The van der Waals surface area contributed by atoms with E-state index in [-0.39, 0.29) is 5.91 Å². The van der Waals surface area contributed by atoms with Gasteiger partial charge in [-0.1, -0.05) is 35.9 Å². The van der Waals surface area contributed by atoms with Gasteiger partial charge in [-0.05, 0) is 25.1 Å². The Morgan fingerprint density at radius 1 is 1.03 bits per heavy atom. The van der Waals surface area contributed by atoms with Crippen LogP contribution in [0.2, 0.25) is 0 Å². The molecule has 0 fully saturated rings. The molecule has 7 heteroatoms. The summed E-state index contributed by atoms with van der Waals surface area (Å²) in [6.45, 7) is 2.02. The molecule has 0 saturated heterocycles. The molecule has 0 aliphatic rings. The van der Waals surface area contributed by atoms with Gasteiger partial charge in [0.25, 0.3) is 5.91 Å². The van der Waals surface area contributed by atoms with Gasteiger partial charge < -0.3 is 14.8 Å². The van der Waals surface area contributed by atoms with Gasteiger partial charge >= 0.3 is 0 Å². The minimum atomic E-state index is -0.334. The van der Waals surface area contributed by atoms with Crippen molar-refractivity contribution >= 4 is 17.5 Å². The minimum absolute atomic E-state index is 0.334. The molecule has 2 aromatic carbocycles. The van der Waals surface area contributed by atoms with E-state index in [2.05, 4.69) is 15.3 Å². The summed E-state index contributed by atoms with van der Waals surface area (Å²) in [6, 6.07) is 14.9. The van der Waals surface area contributed by atoms with Crippen molar-refractivity contribution in [1.82, 2.24) is 14.4 Å². The van der Waals surface area contributed by atoms with Crippen LogP contribution in [0.15, 0.2) is 60.9 Å². The summed E-state index contributed by atoms with van der Waals surface area (Å²) < 4.78 is 12.5. The van der Waals surface area contributed by atoms with Gasteiger partial charge in [-0.25, -0.2) is 9.97 Å². The summed E-state index contributed by atoms with van der Waals surface area (Å²) in [6.07, 6.45) is 3.48. The number of amides is 1. The molecular formula is C22H20N4O3. The average molecular weight is 388 g/mol. The lowest BCUT2D eigenvalue weighted by Crippen LogP contribution is -2.15. The first-order valence-electron chi connectivity index (χ1n) is 9.05. The van der Waals surface area contributed by atoms with E-state index in [0.29, 0.717) is 34.4 Å². The van der Waals surface area contributed by atoms with E-state index in [4.69, 9.17) is 9.47 Å². The molecule has 146 valence electrons. The third-order valence-corrected chi connectivity index (χ3v) is 4.61. The fraction of sp³-hybridized carbons (Fsp3) is 0.136. The molecule has 1 N–H and O–H groups in total. The molecule has 1 amide bonds. The Morgan fingerprint density at radius 3 is 2.55 bits per heavy atom. The Balaban J connectivity index is 1.81. The van der Waals surface area contributed by atoms with Crippen molar-refractivity contribution in [3.05, 3.63) is 72.1 Å². The number of benzene rings is 2. The first-order chi connectivity index (χ1) is 14.1. The molecule has 0 aliphatic carbocycles. The SMILES string of the molecule is COc1cccc(C(=O)Nc2c(-c3ccc(C)cc3)nc3ncccn23)c1OC. The van der Waals surface area contributed by atoms with Crippen LogP contribution in [-0.4, -0.2) is 34.5 Å². The van der Waals surface area contributed by atoms with Crippen molar-refractivity contribution < 1.29 is 14.3 Å². The predicted octanol–water partition coefficient (Wildman–Crippen LogP) is 3.97. The van der Waals surface area contributed by atoms with E-state index >= 15 is 0 Å². The van der Waals surface area contributed by atoms with E-state index in [1.165, 1.54) is 14.2 Å². The Hall–Kier alpha value is -3.87. The van der Waals surface area contributed by atoms with Crippen molar-refractivity contribution in [2.75, 3.05) is 19.5 Å². The molecule has 4 aromatic rings. The normalized spacial score (nSPS) is 10.7. The second kappa shape index (κ2) is 7.63. The number of para-hydroxylation sites is 1. The maximum absolute atomic E-state index is 13.1. The average Bonchev–Trinajstić information content (AvgIpc) is 3.12. The number of fused-ring (bicyclic) bond motifs is 1. The lowest BCUT2D eigenvalue weighted by atomic mass is 10.1. The first kappa shape index (κ1) is 18.5. The number of aryl methyl sites for hydroxylation is 1. The van der Waals surface area contributed by atoms with Crippen LogP contribution in [-0.2, 0) is 0 Å². The number of aromatic nitrogens is 3. The van der Waals surface area contributed by atoms with Gasteiger partial charge in [-0.3, -0.25) is 9.20 Å². The van der Waals surface area contributed by atoms with Crippen LogP contribution in [0.3, 0.4) is 0 Å². The van der Waals surface area contributed by atoms with Gasteiger partial charge in [0.15, 0.2) is 11.5 Å². The third-order valence-electron chi connectivity index (χ3n) is 4.61. The van der Waals surface area contributed by atoms with Crippen molar-refractivity contribution in [3.8, 4) is 22.8 Å². The van der Waals surface area contributed by atoms with Crippen LogP contribution < -0.4 is 14.8 Å². The Labute approximate surface area is 168 Å². The second-order valence-corrected chi connectivity index (χ2v) is 6.46. The smallest absolute Gasteiger partial charge is 0.260 e. The quantitative estimate of drug-likeness (QED) is 0.560. The first-order valence-corrected chi connectivity index (χ1v) is 9.05. The van der Waals surface area contributed by atoms with Crippen LogP contribution in [0, 0.1) is 6.92 Å². The summed E-state index contributed by atoms with van der Waals surface area (Å²) in [5.41, 5.74) is 3.02. The van der Waals surface area contributed by atoms with Crippen LogP contribution in [0.5, 0.6) is 11.5 Å². The number of carbonyl (C=O) groups is 1. The maximum Gasteiger partial charge on any atom is 0.260 e. The van der Waals surface area contributed by atoms with Gasteiger partial charge in [-0.15, -0.1) is 0 Å². The highest BCUT2D eigenvalue weighted by atomic mass is 16.5. The number of nitrogens with one attached hydrogen (secondary N) is 1. The highest BCUT2D eigenvalue weighted by molar-refractivity contribution is 6.08. The highest BCUT2D eigenvalue weighted by Gasteiger charge is 2.21. The zero-order valence-electron chi connectivity index (χ0n) is 16.3. The molecule has 0 radical (unpaired) electrons. The van der Waals surface area contributed by atoms with Crippen molar-refractivity contribution in [2.24, 2.45) is 0 Å². The zero-order chi connectivity index (χ0) is 20.4. The van der Waals surface area contributed by atoms with Crippen LogP contribution in [0.1, 0.15) is 15.9 Å². The molecule has 0 saturated carbocycles. The number of imidazole rings is 1. The number of nitrogens with zero attached hydrogens (tertiary/aromatic N) is 3. The van der Waals surface area contributed by atoms with Crippen LogP contribution in [0.4, 0.5) is 5.82 Å². The molecule has 2 heterocycles. The fourth-order valence-corrected chi connectivity index (χ4v) is 3.16. The number of anilines is 1. The summed E-state index contributed by atoms with van der Waals surface area (Å²) in [4.78, 5) is 22.1. The number of rotatable bonds is 5. The Bertz CT molecular complexity index is 1180.